The third-order valence-corrected chi connectivity index (χ3v) is 9.14. The van der Waals surface area contributed by atoms with Crippen molar-refractivity contribution in [3.63, 3.8) is 0 Å². The van der Waals surface area contributed by atoms with E-state index < -0.39 is 0 Å². The molecule has 0 saturated carbocycles. The van der Waals surface area contributed by atoms with E-state index in [-0.39, 0.29) is 35.3 Å². The maximum absolute atomic E-state index is 13.2. The number of allylic oxidation sites excluding steroid dienone is 2. The van der Waals surface area contributed by atoms with E-state index in [1.807, 2.05) is 0 Å². The smallest absolute Gasteiger partial charge is 0.311 e. The Balaban J connectivity index is 0.00000420. The zero-order valence-corrected chi connectivity index (χ0v) is 25.6. The van der Waals surface area contributed by atoms with Crippen LogP contribution >= 0.6 is 12.4 Å². The zero-order chi connectivity index (χ0) is 27.3. The minimum atomic E-state index is -0.292. The van der Waals surface area contributed by atoms with Crippen LogP contribution in [0.3, 0.4) is 0 Å². The topological polar surface area (TPSA) is 62.6 Å². The summed E-state index contributed by atoms with van der Waals surface area (Å²) in [6.07, 6.45) is 12.9. The number of carbonyl (C=O) groups is 1. The van der Waals surface area contributed by atoms with E-state index in [2.05, 4.69) is 63.8 Å². The van der Waals surface area contributed by atoms with Crippen molar-refractivity contribution in [3.05, 3.63) is 34.9 Å². The molecule has 5 nitrogen and oxygen atoms in total. The van der Waals surface area contributed by atoms with Gasteiger partial charge in [-0.05, 0) is 108 Å². The number of hydrogen-bond acceptors (Lipinski definition) is 5. The molecule has 0 N–H and O–H groups in total. The number of ether oxygens (including phenoxy) is 2. The second-order valence-electron chi connectivity index (χ2n) is 13.0. The summed E-state index contributed by atoms with van der Waals surface area (Å²) >= 11 is 0. The van der Waals surface area contributed by atoms with Crippen LogP contribution in [0.25, 0.3) is 0 Å². The maximum Gasteiger partial charge on any atom is 0.311 e. The highest BCUT2D eigenvalue weighted by molar-refractivity contribution is 5.85. The van der Waals surface area contributed by atoms with Gasteiger partial charge in [-0.2, -0.15) is 5.26 Å². The molecule has 0 spiro atoms. The van der Waals surface area contributed by atoms with Crippen LogP contribution in [0, 0.1) is 17.2 Å². The molecule has 4 rings (SSSR count). The number of fused-ring (bicyclic) bond motifs is 3. The van der Waals surface area contributed by atoms with Crippen molar-refractivity contribution in [2.24, 2.45) is 5.92 Å². The van der Waals surface area contributed by atoms with Crippen LogP contribution in [0.2, 0.25) is 0 Å². The monoisotopic (exact) mass is 556 g/mol. The summed E-state index contributed by atoms with van der Waals surface area (Å²) in [6.45, 7) is 14.4. The number of benzene rings is 1. The fourth-order valence-corrected chi connectivity index (χ4v) is 6.74. The van der Waals surface area contributed by atoms with Crippen molar-refractivity contribution >= 4 is 18.4 Å². The lowest BCUT2D eigenvalue weighted by molar-refractivity contribution is -0.134. The number of unbranched alkanes of at least 4 members (excludes halogenated alkanes) is 2. The van der Waals surface area contributed by atoms with Gasteiger partial charge in [-0.25, -0.2) is 0 Å². The molecule has 1 aliphatic carbocycles. The van der Waals surface area contributed by atoms with Crippen molar-refractivity contribution in [2.45, 2.75) is 122 Å². The molecule has 1 aromatic carbocycles. The summed E-state index contributed by atoms with van der Waals surface area (Å²) < 4.78 is 12.9. The number of rotatable bonds is 10. The Morgan fingerprint density at radius 1 is 1.18 bits per heavy atom. The largest absolute Gasteiger partial charge is 0.487 e. The standard InChI is InChI=1S/C33H48N2O3.ClH/c1-24-14-15-27-26(21-24)31-28(37-30(36)13-12-20-35-18-10-7-11-19-35)22-25(23-29(31)38-33(27,4)5)32(2,3)16-8-6-9-17-34;/h14,22-23,26-27H,6-13,15-16,18-21H2,1-5H3;1H/t26-,27-;/m1./s1. The quantitative estimate of drug-likeness (QED) is 0.126. The van der Waals surface area contributed by atoms with Crippen molar-refractivity contribution in [3.8, 4) is 17.6 Å². The molecule has 216 valence electrons. The molecule has 2 atom stereocenters. The number of likely N-dealkylation sites (tertiary alicyclic amines) is 1. The van der Waals surface area contributed by atoms with Crippen LogP contribution in [0.15, 0.2) is 23.8 Å². The van der Waals surface area contributed by atoms with E-state index in [0.717, 1.165) is 75.0 Å². The van der Waals surface area contributed by atoms with Crippen LogP contribution in [0.5, 0.6) is 11.5 Å². The average Bonchev–Trinajstić information content (AvgIpc) is 2.86. The molecule has 1 aromatic rings. The van der Waals surface area contributed by atoms with Gasteiger partial charge in [-0.15, -0.1) is 12.4 Å². The summed E-state index contributed by atoms with van der Waals surface area (Å²) in [7, 11) is 0. The Kier molecular flexibility index (Phi) is 10.9. The molecule has 0 unspecified atom stereocenters. The molecule has 0 aromatic heterocycles. The highest BCUT2D eigenvalue weighted by Crippen LogP contribution is 2.55. The van der Waals surface area contributed by atoms with Gasteiger partial charge in [0, 0.05) is 30.2 Å². The van der Waals surface area contributed by atoms with Crippen LogP contribution in [0.1, 0.15) is 122 Å². The third kappa shape index (κ3) is 7.80. The first-order valence-electron chi connectivity index (χ1n) is 14.9. The van der Waals surface area contributed by atoms with Crippen molar-refractivity contribution in [1.82, 2.24) is 4.90 Å². The SMILES string of the molecule is CC1=CC[C@@H]2[C@@H](C1)c1c(OC(=O)CCCN3CCCCC3)cc(C(C)(C)CCCCC#N)cc1OC2(C)C.Cl. The summed E-state index contributed by atoms with van der Waals surface area (Å²) in [6, 6.07) is 6.59. The molecule has 0 bridgehead atoms. The Morgan fingerprint density at radius 3 is 2.64 bits per heavy atom. The highest BCUT2D eigenvalue weighted by Gasteiger charge is 2.46. The Bertz CT molecular complexity index is 1070. The number of nitrogens with zero attached hydrogens (tertiary/aromatic N) is 2. The van der Waals surface area contributed by atoms with Gasteiger partial charge in [-0.3, -0.25) is 4.79 Å². The summed E-state index contributed by atoms with van der Waals surface area (Å²) in [5.74, 6) is 2.07. The highest BCUT2D eigenvalue weighted by atomic mass is 35.5. The molecule has 2 heterocycles. The molecular formula is C33H49ClN2O3. The van der Waals surface area contributed by atoms with Crippen LogP contribution in [0.4, 0.5) is 0 Å². The molecule has 1 fully saturated rings. The molecule has 0 amide bonds. The predicted molar refractivity (Wildman–Crippen MR) is 160 cm³/mol. The van der Waals surface area contributed by atoms with Gasteiger partial charge in [0.15, 0.2) is 0 Å². The molecule has 6 heteroatoms. The van der Waals surface area contributed by atoms with E-state index in [0.29, 0.717) is 24.5 Å². The van der Waals surface area contributed by atoms with E-state index in [1.165, 1.54) is 24.8 Å². The Labute approximate surface area is 242 Å². The third-order valence-electron chi connectivity index (χ3n) is 9.14. The molecule has 0 radical (unpaired) electrons. The summed E-state index contributed by atoms with van der Waals surface area (Å²) in [4.78, 5) is 15.7. The van der Waals surface area contributed by atoms with E-state index in [9.17, 15) is 4.79 Å². The Hall–Kier alpha value is -2.03. The van der Waals surface area contributed by atoms with Gasteiger partial charge < -0.3 is 14.4 Å². The predicted octanol–water partition coefficient (Wildman–Crippen LogP) is 8.25. The van der Waals surface area contributed by atoms with Crippen LogP contribution in [-0.4, -0.2) is 36.1 Å². The number of esters is 1. The van der Waals surface area contributed by atoms with E-state index in [1.54, 1.807) is 0 Å². The van der Waals surface area contributed by atoms with Gasteiger partial charge >= 0.3 is 5.97 Å². The van der Waals surface area contributed by atoms with E-state index >= 15 is 0 Å². The normalized spacial score (nSPS) is 22.3. The lowest BCUT2D eigenvalue weighted by atomic mass is 9.66. The molecule has 39 heavy (non-hydrogen) atoms. The number of carbonyl (C=O) groups excluding carboxylic acids is 1. The fourth-order valence-electron chi connectivity index (χ4n) is 6.74. The number of nitriles is 1. The zero-order valence-electron chi connectivity index (χ0n) is 24.8. The lowest BCUT2D eigenvalue weighted by Crippen LogP contribution is -2.45. The van der Waals surface area contributed by atoms with Crippen molar-refractivity contribution in [2.75, 3.05) is 19.6 Å². The number of piperidine rings is 1. The molecule has 2 aliphatic heterocycles. The van der Waals surface area contributed by atoms with Gasteiger partial charge in [0.25, 0.3) is 0 Å². The second kappa shape index (κ2) is 13.6. The van der Waals surface area contributed by atoms with Crippen LogP contribution < -0.4 is 9.47 Å². The van der Waals surface area contributed by atoms with Crippen molar-refractivity contribution in [1.29, 1.82) is 5.26 Å². The van der Waals surface area contributed by atoms with Crippen LogP contribution in [-0.2, 0) is 10.2 Å². The molecule has 3 aliphatic rings. The first-order valence-corrected chi connectivity index (χ1v) is 14.9. The van der Waals surface area contributed by atoms with E-state index in [4.69, 9.17) is 14.7 Å². The maximum atomic E-state index is 13.2. The summed E-state index contributed by atoms with van der Waals surface area (Å²) in [5, 5.41) is 8.94. The van der Waals surface area contributed by atoms with Gasteiger partial charge in [0.05, 0.1) is 6.07 Å². The second-order valence-corrected chi connectivity index (χ2v) is 13.0. The lowest BCUT2D eigenvalue weighted by Gasteiger charge is -2.47. The first kappa shape index (κ1) is 31.5. The number of hydrogen-bond donors (Lipinski definition) is 0. The van der Waals surface area contributed by atoms with Gasteiger partial charge in [0.1, 0.15) is 17.1 Å². The summed E-state index contributed by atoms with van der Waals surface area (Å²) in [5.41, 5.74) is 3.21. The minimum Gasteiger partial charge on any atom is -0.487 e. The molecular weight excluding hydrogens is 508 g/mol. The fraction of sp³-hybridized carbons (Fsp3) is 0.697. The van der Waals surface area contributed by atoms with Gasteiger partial charge in [0.2, 0.25) is 0 Å². The number of halogens is 1. The van der Waals surface area contributed by atoms with Crippen molar-refractivity contribution < 1.29 is 14.3 Å². The first-order chi connectivity index (χ1) is 18.1. The minimum absolute atomic E-state index is 0. The van der Waals surface area contributed by atoms with Gasteiger partial charge in [-0.1, -0.05) is 38.3 Å². The Morgan fingerprint density at radius 2 is 1.92 bits per heavy atom. The average molecular weight is 557 g/mol. The molecule has 1 saturated heterocycles.